The summed E-state index contributed by atoms with van der Waals surface area (Å²) in [4.78, 5) is 16.8. The van der Waals surface area contributed by atoms with Crippen molar-refractivity contribution in [1.29, 1.82) is 5.26 Å². The smallest absolute Gasteiger partial charge is 0.349 e. The summed E-state index contributed by atoms with van der Waals surface area (Å²) in [5.74, 6) is 0.355. The molecule has 3 N–H and O–H groups in total. The van der Waals surface area contributed by atoms with Crippen molar-refractivity contribution in [2.45, 2.75) is 6.92 Å². The van der Waals surface area contributed by atoms with E-state index in [9.17, 15) is 15.2 Å². The van der Waals surface area contributed by atoms with Gasteiger partial charge in [-0.05, 0) is 42.8 Å². The Hall–Kier alpha value is -4.31. The van der Waals surface area contributed by atoms with E-state index >= 15 is 0 Å². The van der Waals surface area contributed by atoms with E-state index in [0.29, 0.717) is 22.3 Å². The Balaban J connectivity index is 2.00. The highest BCUT2D eigenvalue weighted by molar-refractivity contribution is 5.91. The summed E-state index contributed by atoms with van der Waals surface area (Å²) < 4.78 is 10.5. The van der Waals surface area contributed by atoms with Crippen LogP contribution >= 0.6 is 0 Å². The topological polar surface area (TPSA) is 122 Å². The number of ether oxygens (including phenoxy) is 1. The van der Waals surface area contributed by atoms with Gasteiger partial charge in [0.1, 0.15) is 40.1 Å². The second kappa shape index (κ2) is 7.26. The fraction of sp³-hybridized carbons (Fsp3) is 0.0870. The number of methoxy groups -OCH3 is 1. The van der Waals surface area contributed by atoms with Crippen molar-refractivity contribution in [3.63, 3.8) is 0 Å². The third-order valence-corrected chi connectivity index (χ3v) is 4.85. The van der Waals surface area contributed by atoms with Crippen molar-refractivity contribution >= 4 is 16.8 Å². The molecule has 7 heteroatoms. The van der Waals surface area contributed by atoms with Crippen molar-refractivity contribution in [1.82, 2.24) is 4.98 Å². The molecule has 0 spiro atoms. The number of nitrogen functional groups attached to an aromatic ring is 1. The molecule has 0 aliphatic carbocycles. The van der Waals surface area contributed by atoms with Crippen LogP contribution in [0, 0.1) is 18.3 Å². The minimum Gasteiger partial charge on any atom is -0.506 e. The summed E-state index contributed by atoms with van der Waals surface area (Å²) in [6, 6.07) is 15.8. The number of fused-ring (bicyclic) bond motifs is 1. The molecule has 148 valence electrons. The number of benzene rings is 2. The van der Waals surface area contributed by atoms with E-state index in [1.54, 1.807) is 55.6 Å². The molecule has 0 aliphatic heterocycles. The van der Waals surface area contributed by atoms with E-state index in [0.717, 1.165) is 5.56 Å². The molecule has 0 amide bonds. The van der Waals surface area contributed by atoms with Gasteiger partial charge >= 0.3 is 5.63 Å². The first-order chi connectivity index (χ1) is 14.4. The van der Waals surface area contributed by atoms with Crippen LogP contribution in [0.4, 0.5) is 5.82 Å². The highest BCUT2D eigenvalue weighted by Crippen LogP contribution is 2.36. The highest BCUT2D eigenvalue weighted by Gasteiger charge is 2.21. The second-order valence-electron chi connectivity index (χ2n) is 6.77. The van der Waals surface area contributed by atoms with Crippen LogP contribution in [0.1, 0.15) is 11.1 Å². The normalized spacial score (nSPS) is 10.7. The average molecular weight is 399 g/mol. The standard InChI is InChI=1S/C23H17N3O4/c1-12-3-8-19-16(9-12)21(27)20(23(28)30-19)18-10-15(17(11-24)22(25)26-18)13-4-6-14(29-2)7-5-13/h3-10,27H,1-2H3,(H2,25,26). The minimum absolute atomic E-state index is 0.0519. The Morgan fingerprint density at radius 3 is 2.57 bits per heavy atom. The molecule has 0 bridgehead atoms. The molecule has 0 saturated heterocycles. The SMILES string of the molecule is COc1ccc(-c2cc(-c3c(O)c4cc(C)ccc4oc3=O)nc(N)c2C#N)cc1. The van der Waals surface area contributed by atoms with Crippen LogP contribution in [-0.2, 0) is 0 Å². The first-order valence-corrected chi connectivity index (χ1v) is 9.04. The van der Waals surface area contributed by atoms with Crippen molar-refractivity contribution in [2.24, 2.45) is 0 Å². The first-order valence-electron chi connectivity index (χ1n) is 9.04. The molecular formula is C23H17N3O4. The molecule has 0 saturated carbocycles. The lowest BCUT2D eigenvalue weighted by atomic mass is 9.98. The van der Waals surface area contributed by atoms with E-state index in [2.05, 4.69) is 11.1 Å². The zero-order valence-corrected chi connectivity index (χ0v) is 16.3. The lowest BCUT2D eigenvalue weighted by Gasteiger charge is -2.12. The van der Waals surface area contributed by atoms with Crippen LogP contribution in [0.25, 0.3) is 33.4 Å². The average Bonchev–Trinajstić information content (AvgIpc) is 2.74. The molecular weight excluding hydrogens is 382 g/mol. The Morgan fingerprint density at radius 2 is 1.90 bits per heavy atom. The van der Waals surface area contributed by atoms with Crippen LogP contribution in [-0.4, -0.2) is 17.2 Å². The third-order valence-electron chi connectivity index (χ3n) is 4.85. The van der Waals surface area contributed by atoms with Gasteiger partial charge < -0.3 is 20.0 Å². The quantitative estimate of drug-likeness (QED) is 0.499. The van der Waals surface area contributed by atoms with Crippen LogP contribution in [0.15, 0.2) is 57.7 Å². The Bertz CT molecular complexity index is 1380. The number of aromatic nitrogens is 1. The maximum absolute atomic E-state index is 12.6. The molecule has 0 radical (unpaired) electrons. The lowest BCUT2D eigenvalue weighted by molar-refractivity contribution is 0.415. The fourth-order valence-electron chi connectivity index (χ4n) is 3.33. The van der Waals surface area contributed by atoms with Crippen molar-refractivity contribution < 1.29 is 14.3 Å². The van der Waals surface area contributed by atoms with Gasteiger partial charge in [0.2, 0.25) is 0 Å². The summed E-state index contributed by atoms with van der Waals surface area (Å²) >= 11 is 0. The van der Waals surface area contributed by atoms with Gasteiger partial charge in [-0.3, -0.25) is 0 Å². The second-order valence-corrected chi connectivity index (χ2v) is 6.77. The maximum Gasteiger partial charge on any atom is 0.349 e. The minimum atomic E-state index is -0.749. The van der Waals surface area contributed by atoms with Crippen LogP contribution in [0.3, 0.4) is 0 Å². The van der Waals surface area contributed by atoms with E-state index < -0.39 is 5.63 Å². The summed E-state index contributed by atoms with van der Waals surface area (Å²) in [5.41, 5.74) is 7.78. The largest absolute Gasteiger partial charge is 0.506 e. The number of nitrogens with two attached hydrogens (primary N) is 1. The zero-order chi connectivity index (χ0) is 21.4. The molecule has 7 nitrogen and oxygen atoms in total. The lowest BCUT2D eigenvalue weighted by Crippen LogP contribution is -2.07. The van der Waals surface area contributed by atoms with E-state index in [4.69, 9.17) is 14.9 Å². The molecule has 0 aliphatic rings. The van der Waals surface area contributed by atoms with Crippen molar-refractivity contribution in [3.8, 4) is 40.0 Å². The zero-order valence-electron chi connectivity index (χ0n) is 16.3. The molecule has 0 atom stereocenters. The van der Waals surface area contributed by atoms with Crippen LogP contribution in [0.5, 0.6) is 11.5 Å². The molecule has 4 aromatic rings. The van der Waals surface area contributed by atoms with Crippen molar-refractivity contribution in [3.05, 3.63) is 70.1 Å². The number of hydrogen-bond acceptors (Lipinski definition) is 7. The summed E-state index contributed by atoms with van der Waals surface area (Å²) in [6.45, 7) is 1.86. The number of hydrogen-bond donors (Lipinski definition) is 2. The van der Waals surface area contributed by atoms with E-state index in [-0.39, 0.29) is 34.0 Å². The van der Waals surface area contributed by atoms with Gasteiger partial charge in [0.15, 0.2) is 0 Å². The van der Waals surface area contributed by atoms with Gasteiger partial charge in [-0.15, -0.1) is 0 Å². The Morgan fingerprint density at radius 1 is 1.17 bits per heavy atom. The van der Waals surface area contributed by atoms with Gasteiger partial charge in [0.25, 0.3) is 0 Å². The third kappa shape index (κ3) is 3.10. The highest BCUT2D eigenvalue weighted by atomic mass is 16.5. The molecule has 0 unspecified atom stereocenters. The predicted molar refractivity (Wildman–Crippen MR) is 113 cm³/mol. The van der Waals surface area contributed by atoms with E-state index in [1.807, 2.05) is 6.92 Å². The summed E-state index contributed by atoms with van der Waals surface area (Å²) in [5, 5.41) is 20.8. The van der Waals surface area contributed by atoms with Gasteiger partial charge in [-0.1, -0.05) is 23.8 Å². The number of aromatic hydroxyl groups is 1. The van der Waals surface area contributed by atoms with Gasteiger partial charge in [0.05, 0.1) is 18.2 Å². The predicted octanol–water partition coefficient (Wildman–Crippen LogP) is 4.00. The van der Waals surface area contributed by atoms with Gasteiger partial charge in [-0.25, -0.2) is 9.78 Å². The van der Waals surface area contributed by atoms with Crippen LogP contribution in [0.2, 0.25) is 0 Å². The molecule has 30 heavy (non-hydrogen) atoms. The van der Waals surface area contributed by atoms with Gasteiger partial charge in [-0.2, -0.15) is 5.26 Å². The summed E-state index contributed by atoms with van der Waals surface area (Å²) in [6.07, 6.45) is 0. The van der Waals surface area contributed by atoms with Gasteiger partial charge in [0, 0.05) is 5.56 Å². The molecule has 2 aromatic heterocycles. The first kappa shape index (κ1) is 19.0. The molecule has 2 aromatic carbocycles. The maximum atomic E-state index is 12.6. The number of anilines is 1. The Labute approximate surface area is 171 Å². The number of pyridine rings is 1. The molecule has 0 fully saturated rings. The number of rotatable bonds is 3. The monoisotopic (exact) mass is 399 g/mol. The van der Waals surface area contributed by atoms with Crippen molar-refractivity contribution in [2.75, 3.05) is 12.8 Å². The fourth-order valence-corrected chi connectivity index (χ4v) is 3.33. The Kier molecular flexibility index (Phi) is 4.60. The number of nitrogens with zero attached hydrogens (tertiary/aromatic N) is 2. The number of nitriles is 1. The summed E-state index contributed by atoms with van der Waals surface area (Å²) in [7, 11) is 1.56. The molecule has 4 rings (SSSR count). The number of aryl methyl sites for hydroxylation is 1. The molecule has 2 heterocycles. The van der Waals surface area contributed by atoms with Crippen LogP contribution < -0.4 is 16.1 Å². The van der Waals surface area contributed by atoms with E-state index in [1.165, 1.54) is 0 Å².